The van der Waals surface area contributed by atoms with Gasteiger partial charge in [0.05, 0.1) is 19.3 Å². The van der Waals surface area contributed by atoms with E-state index < -0.39 is 13.2 Å². The molecule has 2 unspecified atom stereocenters. The molecular formula is C12H25O6PS. The monoisotopic (exact) mass is 328 g/mol. The Bertz CT molecular complexity index is 337. The van der Waals surface area contributed by atoms with Crippen LogP contribution in [0.1, 0.15) is 34.1 Å². The van der Waals surface area contributed by atoms with E-state index >= 15 is 0 Å². The molecule has 0 heterocycles. The van der Waals surface area contributed by atoms with Gasteiger partial charge in [-0.25, -0.2) is 4.57 Å². The first kappa shape index (κ1) is 20.1. The van der Waals surface area contributed by atoms with Crippen LogP contribution in [0.2, 0.25) is 0 Å². The van der Waals surface area contributed by atoms with E-state index in [1.807, 2.05) is 27.7 Å². The third kappa shape index (κ3) is 9.10. The number of phosphoric acid groups is 1. The number of carbonyl (C=O) groups is 1. The minimum absolute atomic E-state index is 0.00512. The van der Waals surface area contributed by atoms with E-state index in [1.54, 1.807) is 0 Å². The Balaban J connectivity index is 3.94. The zero-order valence-electron chi connectivity index (χ0n) is 12.7. The lowest BCUT2D eigenvalue weighted by atomic mass is 10.00. The molecule has 0 radical (unpaired) electrons. The highest BCUT2D eigenvalue weighted by Gasteiger charge is 2.24. The van der Waals surface area contributed by atoms with Gasteiger partial charge in [0.15, 0.2) is 5.12 Å². The summed E-state index contributed by atoms with van der Waals surface area (Å²) < 4.78 is 26.2. The van der Waals surface area contributed by atoms with Gasteiger partial charge in [-0.1, -0.05) is 39.5 Å². The number of methoxy groups -OCH3 is 1. The molecule has 0 aromatic rings. The van der Waals surface area contributed by atoms with Crippen molar-refractivity contribution in [2.45, 2.75) is 40.2 Å². The molecule has 0 fully saturated rings. The van der Waals surface area contributed by atoms with Crippen molar-refractivity contribution in [3.05, 3.63) is 0 Å². The highest BCUT2D eigenvalue weighted by molar-refractivity contribution is 8.13. The Labute approximate surface area is 125 Å². The second-order valence-electron chi connectivity index (χ2n) is 5.25. The molecule has 0 bridgehead atoms. The molecule has 0 aliphatic rings. The maximum atomic E-state index is 11.6. The van der Waals surface area contributed by atoms with E-state index in [9.17, 15) is 14.3 Å². The van der Waals surface area contributed by atoms with Crippen LogP contribution in [0, 0.1) is 5.41 Å². The SMILES string of the molecule is CCC(COP(=O)(O)OCCSC(=O)C(C)(C)C)OC. The summed E-state index contributed by atoms with van der Waals surface area (Å²) in [4.78, 5) is 21.1. The van der Waals surface area contributed by atoms with Gasteiger partial charge in [0.25, 0.3) is 0 Å². The van der Waals surface area contributed by atoms with Gasteiger partial charge in [-0.3, -0.25) is 13.8 Å². The Kier molecular flexibility index (Phi) is 9.22. The molecule has 0 saturated carbocycles. The van der Waals surface area contributed by atoms with E-state index in [0.29, 0.717) is 12.2 Å². The summed E-state index contributed by atoms with van der Waals surface area (Å²) in [6.07, 6.45) is 0.433. The van der Waals surface area contributed by atoms with Crippen molar-refractivity contribution in [1.29, 1.82) is 0 Å². The van der Waals surface area contributed by atoms with Gasteiger partial charge in [-0.15, -0.1) is 0 Å². The maximum absolute atomic E-state index is 11.6. The summed E-state index contributed by atoms with van der Waals surface area (Å²) >= 11 is 1.08. The van der Waals surface area contributed by atoms with Crippen LogP contribution in [0.3, 0.4) is 0 Å². The minimum Gasteiger partial charge on any atom is -0.379 e. The standard InChI is InChI=1S/C12H25O6PS/c1-6-10(16-5)9-18-19(14,15)17-7-8-20-11(13)12(2,3)4/h10H,6-9H2,1-5H3,(H,14,15). The molecule has 2 atom stereocenters. The summed E-state index contributed by atoms with van der Waals surface area (Å²) in [5.41, 5.74) is -0.434. The fourth-order valence-corrected chi connectivity index (χ4v) is 2.73. The molecule has 0 rings (SSSR count). The van der Waals surface area contributed by atoms with Crippen molar-refractivity contribution < 1.29 is 28.0 Å². The number of thioether (sulfide) groups is 1. The molecule has 20 heavy (non-hydrogen) atoms. The van der Waals surface area contributed by atoms with Gasteiger partial charge in [-0.05, 0) is 6.42 Å². The molecule has 0 aliphatic heterocycles. The lowest BCUT2D eigenvalue weighted by Gasteiger charge is -2.17. The first-order valence-electron chi connectivity index (χ1n) is 6.44. The maximum Gasteiger partial charge on any atom is 0.472 e. The number of hydrogen-bond acceptors (Lipinski definition) is 6. The second-order valence-corrected chi connectivity index (χ2v) is 7.77. The Morgan fingerprint density at radius 3 is 2.40 bits per heavy atom. The molecule has 0 aromatic carbocycles. The molecule has 1 N–H and O–H groups in total. The van der Waals surface area contributed by atoms with Crippen LogP contribution in [0.15, 0.2) is 0 Å². The molecule has 6 nitrogen and oxygen atoms in total. The van der Waals surface area contributed by atoms with Crippen molar-refractivity contribution in [2.24, 2.45) is 5.41 Å². The van der Waals surface area contributed by atoms with Gasteiger partial charge >= 0.3 is 7.82 Å². The van der Waals surface area contributed by atoms with Gasteiger partial charge in [0.2, 0.25) is 0 Å². The normalized spacial score (nSPS) is 16.7. The Morgan fingerprint density at radius 1 is 1.35 bits per heavy atom. The predicted molar refractivity (Wildman–Crippen MR) is 79.7 cm³/mol. The molecule has 8 heteroatoms. The van der Waals surface area contributed by atoms with Crippen molar-refractivity contribution in [3.63, 3.8) is 0 Å². The van der Waals surface area contributed by atoms with E-state index in [0.717, 1.165) is 11.8 Å². The number of hydrogen-bond donors (Lipinski definition) is 1. The van der Waals surface area contributed by atoms with Gasteiger partial charge in [0.1, 0.15) is 0 Å². The van der Waals surface area contributed by atoms with Crippen LogP contribution >= 0.6 is 19.6 Å². The average molecular weight is 328 g/mol. The first-order valence-corrected chi connectivity index (χ1v) is 8.92. The largest absolute Gasteiger partial charge is 0.472 e. The van der Waals surface area contributed by atoms with Crippen molar-refractivity contribution >= 4 is 24.7 Å². The third-order valence-electron chi connectivity index (χ3n) is 2.40. The average Bonchev–Trinajstić information content (AvgIpc) is 2.34. The lowest BCUT2D eigenvalue weighted by Crippen LogP contribution is -2.18. The lowest BCUT2D eigenvalue weighted by molar-refractivity contribution is -0.117. The van der Waals surface area contributed by atoms with Crippen LogP contribution < -0.4 is 0 Å². The van der Waals surface area contributed by atoms with E-state index in [4.69, 9.17) is 13.8 Å². The van der Waals surface area contributed by atoms with Crippen LogP contribution in [0.4, 0.5) is 0 Å². The van der Waals surface area contributed by atoms with E-state index in [1.165, 1.54) is 7.11 Å². The zero-order valence-corrected chi connectivity index (χ0v) is 14.5. The molecule has 0 aromatic heterocycles. The first-order chi connectivity index (χ1) is 9.12. The Morgan fingerprint density at radius 2 is 1.95 bits per heavy atom. The van der Waals surface area contributed by atoms with Gasteiger partial charge in [-0.2, -0.15) is 0 Å². The zero-order chi connectivity index (χ0) is 15.8. The predicted octanol–water partition coefficient (Wildman–Crippen LogP) is 2.85. The second kappa shape index (κ2) is 9.18. The van der Waals surface area contributed by atoms with Gasteiger partial charge in [0, 0.05) is 18.3 Å². The number of rotatable bonds is 9. The summed E-state index contributed by atoms with van der Waals surface area (Å²) in [5, 5.41) is 0.0141. The van der Waals surface area contributed by atoms with Crippen LogP contribution in [-0.2, 0) is 23.1 Å². The van der Waals surface area contributed by atoms with Crippen LogP contribution in [0.25, 0.3) is 0 Å². The third-order valence-corrected chi connectivity index (χ3v) is 4.63. The summed E-state index contributed by atoms with van der Waals surface area (Å²) in [7, 11) is -2.57. The molecule has 0 spiro atoms. The molecule has 0 amide bonds. The van der Waals surface area contributed by atoms with E-state index in [2.05, 4.69) is 0 Å². The van der Waals surface area contributed by atoms with E-state index in [-0.39, 0.29) is 24.4 Å². The molecule has 120 valence electrons. The topological polar surface area (TPSA) is 82.1 Å². The number of ether oxygens (including phenoxy) is 1. The summed E-state index contributed by atoms with van der Waals surface area (Å²) in [6.45, 7) is 7.31. The van der Waals surface area contributed by atoms with Crippen LogP contribution in [0.5, 0.6) is 0 Å². The minimum atomic E-state index is -4.08. The highest BCUT2D eigenvalue weighted by Crippen LogP contribution is 2.43. The highest BCUT2D eigenvalue weighted by atomic mass is 32.2. The summed E-state index contributed by atoms with van der Waals surface area (Å²) in [5.74, 6) is 0.311. The fraction of sp³-hybridized carbons (Fsp3) is 0.917. The van der Waals surface area contributed by atoms with Crippen molar-refractivity contribution in [1.82, 2.24) is 0 Å². The molecule has 0 aliphatic carbocycles. The number of phosphoric ester groups is 1. The summed E-state index contributed by atoms with van der Waals surface area (Å²) in [6, 6.07) is 0. The molecular weight excluding hydrogens is 303 g/mol. The van der Waals surface area contributed by atoms with Crippen LogP contribution in [-0.4, -0.2) is 42.2 Å². The quantitative estimate of drug-likeness (QED) is 0.515. The fourth-order valence-electron chi connectivity index (χ4n) is 1.07. The molecule has 0 saturated heterocycles. The van der Waals surface area contributed by atoms with Crippen molar-refractivity contribution in [2.75, 3.05) is 26.1 Å². The van der Waals surface area contributed by atoms with Crippen molar-refractivity contribution in [3.8, 4) is 0 Å². The smallest absolute Gasteiger partial charge is 0.379 e. The number of carbonyl (C=O) groups excluding carboxylic acids is 1. The Hall–Kier alpha value is 0.0900. The van der Waals surface area contributed by atoms with Gasteiger partial charge < -0.3 is 9.63 Å².